The predicted octanol–water partition coefficient (Wildman–Crippen LogP) is 1.05. The lowest BCUT2D eigenvalue weighted by Crippen LogP contribution is -2.48. The molecule has 0 bridgehead atoms. The van der Waals surface area contributed by atoms with E-state index in [1.54, 1.807) is 0 Å². The molecule has 0 aliphatic carbocycles. The van der Waals surface area contributed by atoms with Crippen molar-refractivity contribution in [3.8, 4) is 0 Å². The first kappa shape index (κ1) is 13.2. The fourth-order valence-electron chi connectivity index (χ4n) is 2.72. The highest BCUT2D eigenvalue weighted by Crippen LogP contribution is 2.15. The summed E-state index contributed by atoms with van der Waals surface area (Å²) in [7, 11) is 0. The fraction of sp³-hybridized carbons (Fsp3) is 0.846. The second-order valence-corrected chi connectivity index (χ2v) is 5.44. The van der Waals surface area contributed by atoms with Gasteiger partial charge in [0.2, 0.25) is 5.91 Å². The van der Waals surface area contributed by atoms with Crippen LogP contribution in [0, 0.1) is 5.92 Å². The Morgan fingerprint density at radius 1 is 1.11 bits per heavy atom. The van der Waals surface area contributed by atoms with Gasteiger partial charge in [0.1, 0.15) is 0 Å². The molecule has 0 saturated carbocycles. The molecule has 2 aliphatic heterocycles. The molecular weight excluding hydrogens is 230 g/mol. The van der Waals surface area contributed by atoms with Crippen LogP contribution < -0.4 is 5.32 Å². The summed E-state index contributed by atoms with van der Waals surface area (Å²) < 4.78 is 0. The van der Waals surface area contributed by atoms with Crippen LogP contribution in [0.1, 0.15) is 32.6 Å². The van der Waals surface area contributed by atoms with E-state index in [9.17, 15) is 9.59 Å². The number of carbonyl (C=O) groups excluding carboxylic acids is 2. The lowest BCUT2D eigenvalue weighted by atomic mass is 10.0. The Morgan fingerprint density at radius 3 is 2.44 bits per heavy atom. The number of piperidine rings is 1. The molecule has 2 fully saturated rings. The SMILES string of the molecule is CC1CCCN(C(=O)NCC(=O)N2CCCC2)C1. The molecule has 0 aromatic rings. The molecule has 1 unspecified atom stereocenters. The zero-order chi connectivity index (χ0) is 13.0. The van der Waals surface area contributed by atoms with E-state index in [1.807, 2.05) is 9.80 Å². The fourth-order valence-corrected chi connectivity index (χ4v) is 2.72. The number of nitrogens with zero attached hydrogens (tertiary/aromatic N) is 2. The van der Waals surface area contributed by atoms with E-state index in [0.717, 1.165) is 45.4 Å². The predicted molar refractivity (Wildman–Crippen MR) is 69.2 cm³/mol. The quantitative estimate of drug-likeness (QED) is 0.799. The first-order valence-corrected chi connectivity index (χ1v) is 6.97. The summed E-state index contributed by atoms with van der Waals surface area (Å²) >= 11 is 0. The number of amides is 3. The van der Waals surface area contributed by atoms with E-state index in [4.69, 9.17) is 0 Å². The van der Waals surface area contributed by atoms with Crippen LogP contribution in [0.4, 0.5) is 4.79 Å². The molecular formula is C13H23N3O2. The van der Waals surface area contributed by atoms with Gasteiger partial charge in [-0.25, -0.2) is 4.79 Å². The molecule has 0 spiro atoms. The number of hydrogen-bond donors (Lipinski definition) is 1. The highest BCUT2D eigenvalue weighted by Gasteiger charge is 2.22. The maximum absolute atomic E-state index is 11.9. The van der Waals surface area contributed by atoms with Gasteiger partial charge in [-0.3, -0.25) is 4.79 Å². The molecule has 2 saturated heterocycles. The summed E-state index contributed by atoms with van der Waals surface area (Å²) in [5.41, 5.74) is 0. The number of likely N-dealkylation sites (tertiary alicyclic amines) is 2. The maximum Gasteiger partial charge on any atom is 0.317 e. The van der Waals surface area contributed by atoms with Crippen molar-refractivity contribution in [2.75, 3.05) is 32.7 Å². The molecule has 2 aliphatic rings. The van der Waals surface area contributed by atoms with Gasteiger partial charge in [-0.15, -0.1) is 0 Å². The second kappa shape index (κ2) is 6.07. The van der Waals surface area contributed by atoms with Gasteiger partial charge >= 0.3 is 6.03 Å². The molecule has 102 valence electrons. The van der Waals surface area contributed by atoms with Gasteiger partial charge in [0.05, 0.1) is 6.54 Å². The molecule has 3 amide bonds. The Hall–Kier alpha value is -1.26. The van der Waals surface area contributed by atoms with Crippen molar-refractivity contribution in [1.82, 2.24) is 15.1 Å². The Kier molecular flexibility index (Phi) is 4.44. The van der Waals surface area contributed by atoms with E-state index in [0.29, 0.717) is 5.92 Å². The average molecular weight is 253 g/mol. The van der Waals surface area contributed by atoms with Crippen molar-refractivity contribution in [3.63, 3.8) is 0 Å². The Bertz CT molecular complexity index is 313. The third kappa shape index (κ3) is 3.37. The Morgan fingerprint density at radius 2 is 1.78 bits per heavy atom. The van der Waals surface area contributed by atoms with Gasteiger partial charge in [0.15, 0.2) is 0 Å². The normalized spacial score (nSPS) is 24.2. The molecule has 0 radical (unpaired) electrons. The third-order valence-electron chi connectivity index (χ3n) is 3.79. The highest BCUT2D eigenvalue weighted by molar-refractivity contribution is 5.84. The molecule has 2 heterocycles. The summed E-state index contributed by atoms with van der Waals surface area (Å²) in [5, 5.41) is 2.75. The summed E-state index contributed by atoms with van der Waals surface area (Å²) in [6.45, 7) is 5.61. The first-order valence-electron chi connectivity index (χ1n) is 6.97. The van der Waals surface area contributed by atoms with E-state index in [2.05, 4.69) is 12.2 Å². The Balaban J connectivity index is 1.72. The third-order valence-corrected chi connectivity index (χ3v) is 3.79. The lowest BCUT2D eigenvalue weighted by molar-refractivity contribution is -0.129. The molecule has 1 atom stereocenters. The van der Waals surface area contributed by atoms with E-state index < -0.39 is 0 Å². The zero-order valence-electron chi connectivity index (χ0n) is 11.2. The maximum atomic E-state index is 11.9. The van der Waals surface area contributed by atoms with Crippen LogP contribution in [0.3, 0.4) is 0 Å². The molecule has 1 N–H and O–H groups in total. The van der Waals surface area contributed by atoms with Crippen LogP contribution in [0.15, 0.2) is 0 Å². The van der Waals surface area contributed by atoms with Crippen LogP contribution in [0.2, 0.25) is 0 Å². The standard InChI is InChI=1S/C13H23N3O2/c1-11-5-4-8-16(10-11)13(18)14-9-12(17)15-6-2-3-7-15/h11H,2-10H2,1H3,(H,14,18). The van der Waals surface area contributed by atoms with E-state index >= 15 is 0 Å². The van der Waals surface area contributed by atoms with Gasteiger partial charge in [-0.05, 0) is 31.6 Å². The van der Waals surface area contributed by atoms with E-state index in [-0.39, 0.29) is 18.5 Å². The molecule has 5 nitrogen and oxygen atoms in total. The van der Waals surface area contributed by atoms with Crippen LogP contribution in [-0.2, 0) is 4.79 Å². The van der Waals surface area contributed by atoms with Crippen LogP contribution >= 0.6 is 0 Å². The van der Waals surface area contributed by atoms with E-state index in [1.165, 1.54) is 6.42 Å². The van der Waals surface area contributed by atoms with Gasteiger partial charge in [-0.2, -0.15) is 0 Å². The average Bonchev–Trinajstić information content (AvgIpc) is 2.89. The summed E-state index contributed by atoms with van der Waals surface area (Å²) in [4.78, 5) is 27.4. The largest absolute Gasteiger partial charge is 0.341 e. The number of carbonyl (C=O) groups is 2. The van der Waals surface area contributed by atoms with Crippen LogP contribution in [0.25, 0.3) is 0 Å². The summed E-state index contributed by atoms with van der Waals surface area (Å²) in [6.07, 6.45) is 4.43. The topological polar surface area (TPSA) is 52.7 Å². The minimum atomic E-state index is -0.0888. The minimum absolute atomic E-state index is 0.0471. The van der Waals surface area contributed by atoms with Crippen molar-refractivity contribution in [2.24, 2.45) is 5.92 Å². The molecule has 0 aromatic heterocycles. The van der Waals surface area contributed by atoms with Gasteiger partial charge < -0.3 is 15.1 Å². The second-order valence-electron chi connectivity index (χ2n) is 5.44. The first-order chi connectivity index (χ1) is 8.66. The summed E-state index contributed by atoms with van der Waals surface area (Å²) in [5.74, 6) is 0.615. The van der Waals surface area contributed by atoms with Gasteiger partial charge in [-0.1, -0.05) is 6.92 Å². The molecule has 0 aromatic carbocycles. The number of hydrogen-bond acceptors (Lipinski definition) is 2. The van der Waals surface area contributed by atoms with Crippen molar-refractivity contribution >= 4 is 11.9 Å². The summed E-state index contributed by atoms with van der Waals surface area (Å²) in [6, 6.07) is -0.0888. The van der Waals surface area contributed by atoms with Crippen molar-refractivity contribution < 1.29 is 9.59 Å². The van der Waals surface area contributed by atoms with Crippen LogP contribution in [-0.4, -0.2) is 54.5 Å². The van der Waals surface area contributed by atoms with Gasteiger partial charge in [0.25, 0.3) is 0 Å². The number of urea groups is 1. The lowest BCUT2D eigenvalue weighted by Gasteiger charge is -2.31. The highest BCUT2D eigenvalue weighted by atomic mass is 16.2. The van der Waals surface area contributed by atoms with Crippen molar-refractivity contribution in [1.29, 1.82) is 0 Å². The Labute approximate surface area is 108 Å². The van der Waals surface area contributed by atoms with Crippen molar-refractivity contribution in [2.45, 2.75) is 32.6 Å². The molecule has 2 rings (SSSR count). The van der Waals surface area contributed by atoms with Crippen molar-refractivity contribution in [3.05, 3.63) is 0 Å². The smallest absolute Gasteiger partial charge is 0.317 e. The van der Waals surface area contributed by atoms with Gasteiger partial charge in [0, 0.05) is 26.2 Å². The number of rotatable bonds is 2. The minimum Gasteiger partial charge on any atom is -0.341 e. The molecule has 5 heteroatoms. The zero-order valence-corrected chi connectivity index (χ0v) is 11.2. The van der Waals surface area contributed by atoms with Crippen LogP contribution in [0.5, 0.6) is 0 Å². The number of nitrogens with one attached hydrogen (secondary N) is 1. The monoisotopic (exact) mass is 253 g/mol. The molecule has 18 heavy (non-hydrogen) atoms.